The molecule has 0 fully saturated rings. The van der Waals surface area contributed by atoms with Crippen LogP contribution in [-0.2, 0) is 9.59 Å². The van der Waals surface area contributed by atoms with E-state index < -0.39 is 17.9 Å². The summed E-state index contributed by atoms with van der Waals surface area (Å²) in [5, 5.41) is 17.5. The van der Waals surface area contributed by atoms with Crippen LogP contribution < -0.4 is 0 Å². The van der Waals surface area contributed by atoms with E-state index in [1.165, 1.54) is 0 Å². The van der Waals surface area contributed by atoms with Crippen LogP contribution in [0, 0.1) is 11.8 Å². The summed E-state index contributed by atoms with van der Waals surface area (Å²) in [6.45, 7) is 2.21. The first kappa shape index (κ1) is 13.9. The van der Waals surface area contributed by atoms with Crippen LogP contribution in [0.15, 0.2) is 0 Å². The van der Waals surface area contributed by atoms with Crippen LogP contribution >= 0.6 is 0 Å². The Labute approximate surface area is 89.7 Å². The molecule has 15 heavy (non-hydrogen) atoms. The fourth-order valence-electron chi connectivity index (χ4n) is 1.56. The van der Waals surface area contributed by atoms with Crippen molar-refractivity contribution in [1.82, 2.24) is 4.90 Å². The van der Waals surface area contributed by atoms with Crippen molar-refractivity contribution in [2.24, 2.45) is 11.8 Å². The van der Waals surface area contributed by atoms with Gasteiger partial charge in [0.15, 0.2) is 0 Å². The third kappa shape index (κ3) is 6.90. The maximum absolute atomic E-state index is 10.9. The highest BCUT2D eigenvalue weighted by Gasteiger charge is 2.22. The van der Waals surface area contributed by atoms with Crippen molar-refractivity contribution in [3.05, 3.63) is 0 Å². The Morgan fingerprint density at radius 3 is 2.13 bits per heavy atom. The van der Waals surface area contributed by atoms with Gasteiger partial charge in [-0.3, -0.25) is 9.59 Å². The Morgan fingerprint density at radius 1 is 1.27 bits per heavy atom. The first-order valence-electron chi connectivity index (χ1n) is 4.92. The fraction of sp³-hybridized carbons (Fsp3) is 0.800. The van der Waals surface area contributed by atoms with E-state index in [9.17, 15) is 9.59 Å². The quantitative estimate of drug-likeness (QED) is 0.658. The second-order valence-corrected chi connectivity index (χ2v) is 4.24. The molecule has 0 aliphatic heterocycles. The first-order chi connectivity index (χ1) is 6.82. The van der Waals surface area contributed by atoms with Crippen molar-refractivity contribution >= 4 is 11.9 Å². The zero-order chi connectivity index (χ0) is 12.0. The predicted octanol–water partition coefficient (Wildman–Crippen LogP) is 0.750. The molecule has 2 N–H and O–H groups in total. The number of carboxylic acids is 2. The normalized spacial score (nSPS) is 14.9. The van der Waals surface area contributed by atoms with Crippen LogP contribution in [0.1, 0.15) is 19.8 Å². The second-order valence-electron chi connectivity index (χ2n) is 4.24. The van der Waals surface area contributed by atoms with Crippen LogP contribution in [-0.4, -0.2) is 47.7 Å². The smallest absolute Gasteiger partial charge is 0.307 e. The largest absolute Gasteiger partial charge is 0.481 e. The molecule has 2 atom stereocenters. The third-order valence-electron chi connectivity index (χ3n) is 2.14. The summed E-state index contributed by atoms with van der Waals surface area (Å²) in [5.74, 6) is -2.34. The van der Waals surface area contributed by atoms with Crippen LogP contribution in [0.3, 0.4) is 0 Å². The average molecular weight is 217 g/mol. The number of rotatable bonds is 7. The predicted molar refractivity (Wildman–Crippen MR) is 55.7 cm³/mol. The van der Waals surface area contributed by atoms with Crippen LogP contribution in [0.4, 0.5) is 0 Å². The molecule has 0 rings (SSSR count). The molecule has 0 radical (unpaired) electrons. The maximum Gasteiger partial charge on any atom is 0.307 e. The number of aliphatic carboxylic acids is 2. The van der Waals surface area contributed by atoms with Gasteiger partial charge in [0.25, 0.3) is 0 Å². The lowest BCUT2D eigenvalue weighted by atomic mass is 9.93. The fourth-order valence-corrected chi connectivity index (χ4v) is 1.56. The Hall–Kier alpha value is -1.10. The molecule has 0 saturated heterocycles. The van der Waals surface area contributed by atoms with E-state index >= 15 is 0 Å². The average Bonchev–Trinajstić information content (AvgIpc) is 1.99. The highest BCUT2D eigenvalue weighted by molar-refractivity contribution is 5.70. The Morgan fingerprint density at radius 2 is 1.80 bits per heavy atom. The van der Waals surface area contributed by atoms with Gasteiger partial charge < -0.3 is 15.1 Å². The summed E-state index contributed by atoms with van der Waals surface area (Å²) in [4.78, 5) is 23.1. The number of nitrogens with zero attached hydrogens (tertiary/aromatic N) is 1. The van der Waals surface area contributed by atoms with E-state index in [1.54, 1.807) is 25.9 Å². The van der Waals surface area contributed by atoms with Crippen molar-refractivity contribution < 1.29 is 19.8 Å². The summed E-state index contributed by atoms with van der Waals surface area (Å²) in [6, 6.07) is 0. The number of hydrogen-bond donors (Lipinski definition) is 2. The monoisotopic (exact) mass is 217 g/mol. The van der Waals surface area contributed by atoms with Crippen molar-refractivity contribution in [1.29, 1.82) is 0 Å². The van der Waals surface area contributed by atoms with Crippen molar-refractivity contribution in [3.8, 4) is 0 Å². The molecule has 88 valence electrons. The van der Waals surface area contributed by atoms with Gasteiger partial charge in [-0.2, -0.15) is 0 Å². The molecule has 0 aliphatic rings. The zero-order valence-electron chi connectivity index (χ0n) is 9.43. The van der Waals surface area contributed by atoms with Gasteiger partial charge in [0.1, 0.15) is 0 Å². The maximum atomic E-state index is 10.9. The molecule has 0 aromatic carbocycles. The van der Waals surface area contributed by atoms with Crippen molar-refractivity contribution in [3.63, 3.8) is 0 Å². The topological polar surface area (TPSA) is 77.8 Å². The van der Waals surface area contributed by atoms with Gasteiger partial charge in [-0.15, -0.1) is 0 Å². The molecule has 0 bridgehead atoms. The Kier molecular flexibility index (Phi) is 5.93. The van der Waals surface area contributed by atoms with E-state index in [1.807, 2.05) is 0 Å². The Bertz CT molecular complexity index is 227. The van der Waals surface area contributed by atoms with Gasteiger partial charge in [-0.05, 0) is 26.4 Å². The Balaban J connectivity index is 4.16. The lowest BCUT2D eigenvalue weighted by Gasteiger charge is -2.19. The van der Waals surface area contributed by atoms with Crippen LogP contribution in [0.5, 0.6) is 0 Å². The summed E-state index contributed by atoms with van der Waals surface area (Å²) in [6.07, 6.45) is 0.428. The molecule has 0 heterocycles. The molecule has 5 heteroatoms. The summed E-state index contributed by atoms with van der Waals surface area (Å²) < 4.78 is 0. The number of carbonyl (C=O) groups is 2. The standard InChI is InChI=1S/C10H19NO4/c1-7(5-9(12)13)4-8(10(14)15)6-11(2)3/h7-8H,4-6H2,1-3H3,(H,12,13)(H,14,15). The van der Waals surface area contributed by atoms with Crippen molar-refractivity contribution in [2.45, 2.75) is 19.8 Å². The molecular formula is C10H19NO4. The van der Waals surface area contributed by atoms with E-state index in [2.05, 4.69) is 0 Å². The van der Waals surface area contributed by atoms with Gasteiger partial charge in [0.05, 0.1) is 5.92 Å². The summed E-state index contributed by atoms with van der Waals surface area (Å²) in [5.41, 5.74) is 0. The van der Waals surface area contributed by atoms with Gasteiger partial charge in [-0.1, -0.05) is 6.92 Å². The van der Waals surface area contributed by atoms with Crippen LogP contribution in [0.2, 0.25) is 0 Å². The summed E-state index contributed by atoms with van der Waals surface area (Å²) >= 11 is 0. The highest BCUT2D eigenvalue weighted by atomic mass is 16.4. The van der Waals surface area contributed by atoms with Gasteiger partial charge in [0.2, 0.25) is 0 Å². The molecule has 0 amide bonds. The molecule has 0 aromatic heterocycles. The van der Waals surface area contributed by atoms with E-state index in [0.29, 0.717) is 13.0 Å². The van der Waals surface area contributed by atoms with E-state index in [0.717, 1.165) is 0 Å². The van der Waals surface area contributed by atoms with E-state index in [-0.39, 0.29) is 12.3 Å². The van der Waals surface area contributed by atoms with Gasteiger partial charge >= 0.3 is 11.9 Å². The van der Waals surface area contributed by atoms with Crippen molar-refractivity contribution in [2.75, 3.05) is 20.6 Å². The minimum absolute atomic E-state index is 0.0250. The lowest BCUT2D eigenvalue weighted by molar-refractivity contribution is -0.144. The minimum atomic E-state index is -0.878. The number of carboxylic acid groups (broad SMARTS) is 2. The zero-order valence-corrected chi connectivity index (χ0v) is 9.43. The molecule has 0 aliphatic carbocycles. The molecule has 0 spiro atoms. The minimum Gasteiger partial charge on any atom is -0.481 e. The molecular weight excluding hydrogens is 198 g/mol. The van der Waals surface area contributed by atoms with Crippen LogP contribution in [0.25, 0.3) is 0 Å². The molecule has 0 aromatic rings. The summed E-state index contributed by atoms with van der Waals surface area (Å²) in [7, 11) is 3.61. The SMILES string of the molecule is CC(CC(=O)O)CC(CN(C)C)C(=O)O. The lowest BCUT2D eigenvalue weighted by Crippen LogP contribution is -2.29. The third-order valence-corrected chi connectivity index (χ3v) is 2.14. The second kappa shape index (κ2) is 6.40. The van der Waals surface area contributed by atoms with Gasteiger partial charge in [0, 0.05) is 13.0 Å². The van der Waals surface area contributed by atoms with E-state index in [4.69, 9.17) is 10.2 Å². The molecule has 5 nitrogen and oxygen atoms in total. The number of hydrogen-bond acceptors (Lipinski definition) is 3. The first-order valence-corrected chi connectivity index (χ1v) is 4.92. The highest BCUT2D eigenvalue weighted by Crippen LogP contribution is 2.16. The molecule has 2 unspecified atom stereocenters. The molecule has 0 saturated carbocycles. The van der Waals surface area contributed by atoms with Gasteiger partial charge in [-0.25, -0.2) is 0 Å².